The summed E-state index contributed by atoms with van der Waals surface area (Å²) in [5, 5.41) is 5.77. The predicted molar refractivity (Wildman–Crippen MR) is 162 cm³/mol. The molecule has 216 valence electrons. The van der Waals surface area contributed by atoms with E-state index in [-0.39, 0.29) is 18.9 Å². The molecule has 0 radical (unpaired) electrons. The van der Waals surface area contributed by atoms with Gasteiger partial charge in [-0.3, -0.25) is 9.59 Å². The zero-order valence-electron chi connectivity index (χ0n) is 24.6. The second-order valence-electron chi connectivity index (χ2n) is 11.1. The molecule has 7 heteroatoms. The van der Waals surface area contributed by atoms with Crippen LogP contribution in [0.3, 0.4) is 0 Å². The van der Waals surface area contributed by atoms with E-state index in [0.717, 1.165) is 22.3 Å². The van der Waals surface area contributed by atoms with Gasteiger partial charge in [-0.25, -0.2) is 4.79 Å². The second kappa shape index (κ2) is 14.3. The normalized spacial score (nSPS) is 12.5. The first-order valence-corrected chi connectivity index (χ1v) is 13.8. The molecule has 3 aromatic rings. The van der Waals surface area contributed by atoms with Crippen LogP contribution >= 0.6 is 0 Å². The topological polar surface area (TPSA) is 87.7 Å². The van der Waals surface area contributed by atoms with E-state index in [0.29, 0.717) is 12.1 Å². The van der Waals surface area contributed by atoms with Gasteiger partial charge in [-0.1, -0.05) is 84.9 Å². The van der Waals surface area contributed by atoms with Crippen LogP contribution in [-0.4, -0.2) is 41.0 Å². The molecule has 0 aliphatic carbocycles. The number of nitrogens with zero attached hydrogens (tertiary/aromatic N) is 1. The molecule has 0 heterocycles. The molecule has 0 spiro atoms. The average Bonchev–Trinajstić information content (AvgIpc) is 2.93. The van der Waals surface area contributed by atoms with Gasteiger partial charge in [0.05, 0.1) is 0 Å². The second-order valence-corrected chi connectivity index (χ2v) is 11.1. The third-order valence-corrected chi connectivity index (χ3v) is 6.60. The highest BCUT2D eigenvalue weighted by Crippen LogP contribution is 2.26. The quantitative estimate of drug-likeness (QED) is 0.292. The Kier molecular flexibility index (Phi) is 10.9. The predicted octanol–water partition coefficient (Wildman–Crippen LogP) is 5.81. The number of benzene rings is 3. The van der Waals surface area contributed by atoms with Crippen molar-refractivity contribution in [2.75, 3.05) is 6.54 Å². The van der Waals surface area contributed by atoms with E-state index in [9.17, 15) is 14.4 Å². The first kappa shape index (κ1) is 31.1. The summed E-state index contributed by atoms with van der Waals surface area (Å²) < 4.78 is 5.48. The third kappa shape index (κ3) is 9.34. The summed E-state index contributed by atoms with van der Waals surface area (Å²) in [6, 6.07) is 22.8. The van der Waals surface area contributed by atoms with Gasteiger partial charge in [0.25, 0.3) is 0 Å². The number of nitrogens with one attached hydrogen (secondary N) is 2. The van der Waals surface area contributed by atoms with Crippen LogP contribution in [0.5, 0.6) is 0 Å². The molecule has 7 nitrogen and oxygen atoms in total. The molecule has 0 saturated carbocycles. The highest BCUT2D eigenvalue weighted by Gasteiger charge is 2.36. The molecule has 3 amide bonds. The zero-order chi connectivity index (χ0) is 30.0. The average molecular weight is 556 g/mol. The molecule has 2 N–H and O–H groups in total. The number of hydrogen-bond donors (Lipinski definition) is 2. The first-order chi connectivity index (χ1) is 19.5. The van der Waals surface area contributed by atoms with Gasteiger partial charge in [0.1, 0.15) is 17.7 Å². The Hall–Kier alpha value is -4.39. The molecule has 41 heavy (non-hydrogen) atoms. The van der Waals surface area contributed by atoms with Crippen molar-refractivity contribution in [1.29, 1.82) is 0 Å². The van der Waals surface area contributed by atoms with Crippen LogP contribution in [0.1, 0.15) is 54.6 Å². The van der Waals surface area contributed by atoms with Crippen molar-refractivity contribution in [2.24, 2.45) is 0 Å². The van der Waals surface area contributed by atoms with Gasteiger partial charge in [-0.2, -0.15) is 0 Å². The molecule has 0 saturated heterocycles. The molecule has 2 atom stereocenters. The monoisotopic (exact) mass is 555 g/mol. The van der Waals surface area contributed by atoms with Crippen LogP contribution < -0.4 is 10.6 Å². The van der Waals surface area contributed by atoms with Gasteiger partial charge in [0.15, 0.2) is 0 Å². The van der Waals surface area contributed by atoms with Crippen LogP contribution in [0.25, 0.3) is 0 Å². The number of rotatable bonds is 11. The van der Waals surface area contributed by atoms with Gasteiger partial charge in [-0.15, -0.1) is 6.58 Å². The Labute approximate surface area is 243 Å². The fourth-order valence-electron chi connectivity index (χ4n) is 4.45. The van der Waals surface area contributed by atoms with E-state index in [1.165, 1.54) is 4.90 Å². The fourth-order valence-corrected chi connectivity index (χ4v) is 4.45. The number of amides is 3. The molecule has 0 bridgehead atoms. The maximum absolute atomic E-state index is 14.3. The molecule has 0 aromatic heterocycles. The lowest BCUT2D eigenvalue weighted by Gasteiger charge is -2.34. The van der Waals surface area contributed by atoms with Gasteiger partial charge < -0.3 is 20.3 Å². The SMILES string of the molecule is C=CCN(C(=O)C(Cc1ccccc1)NC(=O)OC(C)(C)C)C(C(=O)NCc1ccccc1)c1ccc(C)c(C)c1. The largest absolute Gasteiger partial charge is 0.444 e. The molecule has 2 unspecified atom stereocenters. The van der Waals surface area contributed by atoms with Crippen molar-refractivity contribution in [3.8, 4) is 0 Å². The highest BCUT2D eigenvalue weighted by molar-refractivity contribution is 5.92. The Morgan fingerprint density at radius 3 is 2.07 bits per heavy atom. The van der Waals surface area contributed by atoms with Crippen molar-refractivity contribution < 1.29 is 19.1 Å². The number of ether oxygens (including phenoxy) is 1. The van der Waals surface area contributed by atoms with Gasteiger partial charge in [0, 0.05) is 19.5 Å². The Morgan fingerprint density at radius 1 is 0.902 bits per heavy atom. The van der Waals surface area contributed by atoms with Crippen LogP contribution in [0, 0.1) is 13.8 Å². The fraction of sp³-hybridized carbons (Fsp3) is 0.324. The summed E-state index contributed by atoms with van der Waals surface area (Å²) in [7, 11) is 0. The van der Waals surface area contributed by atoms with Crippen LogP contribution in [0.15, 0.2) is 91.5 Å². The lowest BCUT2D eigenvalue weighted by Crippen LogP contribution is -2.53. The van der Waals surface area contributed by atoms with E-state index in [4.69, 9.17) is 4.74 Å². The van der Waals surface area contributed by atoms with Crippen molar-refractivity contribution in [1.82, 2.24) is 15.5 Å². The zero-order valence-corrected chi connectivity index (χ0v) is 24.6. The van der Waals surface area contributed by atoms with Crippen molar-refractivity contribution in [2.45, 2.75) is 65.3 Å². The lowest BCUT2D eigenvalue weighted by molar-refractivity contribution is -0.141. The maximum atomic E-state index is 14.3. The molecule has 0 aliphatic heterocycles. The number of alkyl carbamates (subject to hydrolysis) is 1. The summed E-state index contributed by atoms with van der Waals surface area (Å²) in [6.45, 7) is 13.5. The van der Waals surface area contributed by atoms with Crippen molar-refractivity contribution >= 4 is 17.9 Å². The van der Waals surface area contributed by atoms with Crippen molar-refractivity contribution in [3.05, 3.63) is 119 Å². The van der Waals surface area contributed by atoms with E-state index in [1.54, 1.807) is 26.8 Å². The van der Waals surface area contributed by atoms with Gasteiger partial charge in [-0.05, 0) is 62.4 Å². The van der Waals surface area contributed by atoms with E-state index in [1.807, 2.05) is 92.7 Å². The van der Waals surface area contributed by atoms with Crippen LogP contribution in [0.4, 0.5) is 4.79 Å². The Morgan fingerprint density at radius 2 is 1.51 bits per heavy atom. The standard InChI is InChI=1S/C34H41N3O4/c1-7-20-37(32(39)29(22-26-14-10-8-11-15-26)36-33(40)41-34(4,5)6)30(28-19-18-24(2)25(3)21-28)31(38)35-23-27-16-12-9-13-17-27/h7-19,21,29-30H,1,20,22-23H2,2-6H3,(H,35,38)(H,36,40). The maximum Gasteiger partial charge on any atom is 0.408 e. The molecule has 0 aliphatic rings. The summed E-state index contributed by atoms with van der Waals surface area (Å²) in [6.07, 6.45) is 1.10. The first-order valence-electron chi connectivity index (χ1n) is 13.8. The molecular weight excluding hydrogens is 514 g/mol. The van der Waals surface area contributed by atoms with E-state index >= 15 is 0 Å². The van der Waals surface area contributed by atoms with Gasteiger partial charge >= 0.3 is 6.09 Å². The summed E-state index contributed by atoms with van der Waals surface area (Å²) in [4.78, 5) is 42.5. The van der Waals surface area contributed by atoms with Gasteiger partial charge in [0.2, 0.25) is 11.8 Å². The smallest absolute Gasteiger partial charge is 0.408 e. The minimum absolute atomic E-state index is 0.0937. The summed E-state index contributed by atoms with van der Waals surface area (Å²) >= 11 is 0. The van der Waals surface area contributed by atoms with Crippen molar-refractivity contribution in [3.63, 3.8) is 0 Å². The number of carbonyl (C=O) groups is 3. The third-order valence-electron chi connectivity index (χ3n) is 6.60. The molecule has 0 fully saturated rings. The lowest BCUT2D eigenvalue weighted by atomic mass is 9.97. The minimum atomic E-state index is -0.983. The number of carbonyl (C=O) groups excluding carboxylic acids is 3. The molecule has 3 rings (SSSR count). The van der Waals surface area contributed by atoms with E-state index in [2.05, 4.69) is 17.2 Å². The minimum Gasteiger partial charge on any atom is -0.444 e. The van der Waals surface area contributed by atoms with Crippen LogP contribution in [0.2, 0.25) is 0 Å². The summed E-state index contributed by atoms with van der Waals surface area (Å²) in [5.41, 5.74) is 3.80. The molecule has 3 aromatic carbocycles. The number of hydrogen-bond acceptors (Lipinski definition) is 4. The number of aryl methyl sites for hydroxylation is 2. The summed E-state index contributed by atoms with van der Waals surface area (Å²) in [5.74, 6) is -0.749. The highest BCUT2D eigenvalue weighted by atomic mass is 16.6. The Bertz CT molecular complexity index is 1330. The Balaban J connectivity index is 2.01. The van der Waals surface area contributed by atoms with E-state index < -0.39 is 29.7 Å². The molecular formula is C34H41N3O4. The van der Waals surface area contributed by atoms with Crippen LogP contribution in [-0.2, 0) is 27.3 Å².